The van der Waals surface area contributed by atoms with Crippen molar-refractivity contribution in [1.82, 2.24) is 5.32 Å². The number of amides is 1. The number of hydrogen-bond donors (Lipinski definition) is 1. The number of carbonyl (C=O) groups excluding carboxylic acids is 1. The first-order valence-electron chi connectivity index (χ1n) is 7.39. The van der Waals surface area contributed by atoms with Gasteiger partial charge in [-0.15, -0.1) is 0 Å². The highest BCUT2D eigenvalue weighted by molar-refractivity contribution is 5.77. The van der Waals surface area contributed by atoms with E-state index in [2.05, 4.69) is 5.32 Å². The van der Waals surface area contributed by atoms with Crippen LogP contribution in [0.4, 0.5) is 13.2 Å². The largest absolute Gasteiger partial charge is 0.483 e. The van der Waals surface area contributed by atoms with Gasteiger partial charge in [0.2, 0.25) is 0 Å². The zero-order valence-electron chi connectivity index (χ0n) is 13.4. The molecule has 0 heterocycles. The number of alkyl halides is 3. The summed E-state index contributed by atoms with van der Waals surface area (Å²) in [6.45, 7) is 3.78. The van der Waals surface area contributed by atoms with Crippen molar-refractivity contribution in [3.05, 3.63) is 64.7 Å². The molecule has 1 N–H and O–H groups in total. The molecule has 2 aromatic rings. The van der Waals surface area contributed by atoms with E-state index in [1.165, 1.54) is 12.1 Å². The minimum atomic E-state index is -4.36. The first-order valence-corrected chi connectivity index (χ1v) is 7.39. The molecule has 0 aliphatic rings. The van der Waals surface area contributed by atoms with Gasteiger partial charge in [0, 0.05) is 6.54 Å². The number of para-hydroxylation sites is 1. The molecule has 0 aromatic heterocycles. The van der Waals surface area contributed by atoms with E-state index in [0.29, 0.717) is 11.3 Å². The van der Waals surface area contributed by atoms with Crippen molar-refractivity contribution < 1.29 is 22.7 Å². The summed E-state index contributed by atoms with van der Waals surface area (Å²) in [5, 5.41) is 2.62. The Morgan fingerprint density at radius 2 is 1.62 bits per heavy atom. The van der Waals surface area contributed by atoms with Crippen LogP contribution in [-0.4, -0.2) is 12.5 Å². The highest BCUT2D eigenvalue weighted by atomic mass is 19.4. The van der Waals surface area contributed by atoms with Crippen molar-refractivity contribution >= 4 is 5.91 Å². The zero-order valence-corrected chi connectivity index (χ0v) is 13.4. The summed E-state index contributed by atoms with van der Waals surface area (Å²) in [4.78, 5) is 11.8. The molecule has 2 aromatic carbocycles. The topological polar surface area (TPSA) is 38.3 Å². The number of benzene rings is 2. The monoisotopic (exact) mass is 337 g/mol. The van der Waals surface area contributed by atoms with E-state index >= 15 is 0 Å². The Kier molecular flexibility index (Phi) is 5.49. The Morgan fingerprint density at radius 1 is 1.04 bits per heavy atom. The van der Waals surface area contributed by atoms with Gasteiger partial charge >= 0.3 is 6.18 Å². The number of ether oxygens (including phenoxy) is 1. The summed E-state index contributed by atoms with van der Waals surface area (Å²) in [6, 6.07) is 10.4. The molecule has 0 aliphatic carbocycles. The van der Waals surface area contributed by atoms with E-state index < -0.39 is 11.7 Å². The molecular weight excluding hydrogens is 319 g/mol. The first-order chi connectivity index (χ1) is 11.3. The van der Waals surface area contributed by atoms with Gasteiger partial charge in [0.15, 0.2) is 6.61 Å². The lowest BCUT2D eigenvalue weighted by Gasteiger charge is -2.12. The standard InChI is InChI=1S/C18H18F3NO2/c1-12-4-3-5-13(2)17(12)24-11-16(23)22-10-14-6-8-15(9-7-14)18(19,20)21/h3-9H,10-11H2,1-2H3,(H,22,23). The molecule has 0 fully saturated rings. The van der Waals surface area contributed by atoms with Crippen LogP contribution < -0.4 is 10.1 Å². The summed E-state index contributed by atoms with van der Waals surface area (Å²) < 4.78 is 42.9. The molecule has 0 saturated heterocycles. The molecule has 0 atom stereocenters. The van der Waals surface area contributed by atoms with Crippen molar-refractivity contribution in [2.24, 2.45) is 0 Å². The van der Waals surface area contributed by atoms with Gasteiger partial charge < -0.3 is 10.1 Å². The van der Waals surface area contributed by atoms with Crippen LogP contribution in [-0.2, 0) is 17.5 Å². The maximum Gasteiger partial charge on any atom is 0.416 e. The van der Waals surface area contributed by atoms with Gasteiger partial charge in [-0.05, 0) is 42.7 Å². The van der Waals surface area contributed by atoms with Gasteiger partial charge in [-0.25, -0.2) is 0 Å². The summed E-state index contributed by atoms with van der Waals surface area (Å²) in [5.41, 5.74) is 1.75. The quantitative estimate of drug-likeness (QED) is 0.895. The van der Waals surface area contributed by atoms with Crippen LogP contribution in [0, 0.1) is 13.8 Å². The average molecular weight is 337 g/mol. The molecule has 3 nitrogen and oxygen atoms in total. The molecule has 0 bridgehead atoms. The maximum atomic E-state index is 12.5. The molecule has 128 valence electrons. The molecule has 0 saturated carbocycles. The van der Waals surface area contributed by atoms with Crippen LogP contribution in [0.1, 0.15) is 22.3 Å². The van der Waals surface area contributed by atoms with Crippen molar-refractivity contribution in [2.45, 2.75) is 26.6 Å². The van der Waals surface area contributed by atoms with Gasteiger partial charge in [0.05, 0.1) is 5.56 Å². The van der Waals surface area contributed by atoms with Crippen molar-refractivity contribution in [1.29, 1.82) is 0 Å². The number of rotatable bonds is 5. The smallest absolute Gasteiger partial charge is 0.416 e. The fourth-order valence-corrected chi connectivity index (χ4v) is 2.23. The van der Waals surface area contributed by atoms with Gasteiger partial charge in [-0.3, -0.25) is 4.79 Å². The molecule has 0 spiro atoms. The van der Waals surface area contributed by atoms with Crippen molar-refractivity contribution in [2.75, 3.05) is 6.61 Å². The van der Waals surface area contributed by atoms with Crippen LogP contribution in [0.25, 0.3) is 0 Å². The second-order valence-corrected chi connectivity index (χ2v) is 5.48. The first kappa shape index (κ1) is 17.8. The van der Waals surface area contributed by atoms with E-state index in [4.69, 9.17) is 4.74 Å². The van der Waals surface area contributed by atoms with E-state index in [-0.39, 0.29) is 19.1 Å². The normalized spacial score (nSPS) is 11.2. The van der Waals surface area contributed by atoms with E-state index in [9.17, 15) is 18.0 Å². The summed E-state index contributed by atoms with van der Waals surface area (Å²) >= 11 is 0. The molecular formula is C18H18F3NO2. The fourth-order valence-electron chi connectivity index (χ4n) is 2.23. The Bertz CT molecular complexity index is 689. The van der Waals surface area contributed by atoms with E-state index in [1.54, 1.807) is 0 Å². The third-order valence-electron chi connectivity index (χ3n) is 3.53. The van der Waals surface area contributed by atoms with Crippen LogP contribution >= 0.6 is 0 Å². The van der Waals surface area contributed by atoms with Gasteiger partial charge in [0.25, 0.3) is 5.91 Å². The number of nitrogens with one attached hydrogen (secondary N) is 1. The second-order valence-electron chi connectivity index (χ2n) is 5.48. The Balaban J connectivity index is 1.85. The maximum absolute atomic E-state index is 12.5. The van der Waals surface area contributed by atoms with Crippen LogP contribution in [0.5, 0.6) is 5.75 Å². The third kappa shape index (κ3) is 4.75. The number of hydrogen-bond acceptors (Lipinski definition) is 2. The Morgan fingerprint density at radius 3 is 2.17 bits per heavy atom. The lowest BCUT2D eigenvalue weighted by atomic mass is 10.1. The van der Waals surface area contributed by atoms with Crippen LogP contribution in [0.2, 0.25) is 0 Å². The zero-order chi connectivity index (χ0) is 17.7. The van der Waals surface area contributed by atoms with Crippen LogP contribution in [0.15, 0.2) is 42.5 Å². The van der Waals surface area contributed by atoms with Gasteiger partial charge in [-0.2, -0.15) is 13.2 Å². The highest BCUT2D eigenvalue weighted by Gasteiger charge is 2.29. The third-order valence-corrected chi connectivity index (χ3v) is 3.53. The molecule has 6 heteroatoms. The second kappa shape index (κ2) is 7.38. The number of carbonyl (C=O) groups is 1. The summed E-state index contributed by atoms with van der Waals surface area (Å²) in [5.74, 6) is 0.333. The van der Waals surface area contributed by atoms with Crippen LogP contribution in [0.3, 0.4) is 0 Å². The van der Waals surface area contributed by atoms with Crippen molar-refractivity contribution in [3.63, 3.8) is 0 Å². The van der Waals surface area contributed by atoms with Gasteiger partial charge in [-0.1, -0.05) is 30.3 Å². The molecule has 24 heavy (non-hydrogen) atoms. The minimum absolute atomic E-state index is 0.146. The minimum Gasteiger partial charge on any atom is -0.483 e. The lowest BCUT2D eigenvalue weighted by Crippen LogP contribution is -2.28. The average Bonchev–Trinajstić information content (AvgIpc) is 2.52. The lowest BCUT2D eigenvalue weighted by molar-refractivity contribution is -0.137. The number of aryl methyl sites for hydroxylation is 2. The Hall–Kier alpha value is -2.50. The molecule has 0 aliphatic heterocycles. The Labute approximate surface area is 138 Å². The molecule has 0 radical (unpaired) electrons. The summed E-state index contributed by atoms with van der Waals surface area (Å²) in [7, 11) is 0. The highest BCUT2D eigenvalue weighted by Crippen LogP contribution is 2.29. The number of halogens is 3. The SMILES string of the molecule is Cc1cccc(C)c1OCC(=O)NCc1ccc(C(F)(F)F)cc1. The predicted octanol–water partition coefficient (Wildman–Crippen LogP) is 4.02. The predicted molar refractivity (Wildman–Crippen MR) is 84.7 cm³/mol. The van der Waals surface area contributed by atoms with Crippen molar-refractivity contribution in [3.8, 4) is 5.75 Å². The van der Waals surface area contributed by atoms with Gasteiger partial charge in [0.1, 0.15) is 5.75 Å². The molecule has 1 amide bonds. The summed E-state index contributed by atoms with van der Waals surface area (Å²) in [6.07, 6.45) is -4.36. The molecule has 2 rings (SSSR count). The van der Waals surface area contributed by atoms with E-state index in [1.807, 2.05) is 32.0 Å². The fraction of sp³-hybridized carbons (Fsp3) is 0.278. The molecule has 0 unspecified atom stereocenters. The van der Waals surface area contributed by atoms with E-state index in [0.717, 1.165) is 23.3 Å².